The van der Waals surface area contributed by atoms with Gasteiger partial charge in [0.15, 0.2) is 0 Å². The highest BCUT2D eigenvalue weighted by molar-refractivity contribution is 8.33. The molecule has 0 radical (unpaired) electrons. The van der Waals surface area contributed by atoms with Crippen LogP contribution in [0.5, 0.6) is 11.5 Å². The van der Waals surface area contributed by atoms with Crippen LogP contribution in [0.25, 0.3) is 0 Å². The smallest absolute Gasteiger partial charge is 0.307 e. The minimum absolute atomic E-state index is 0.122. The fraction of sp³-hybridized carbons (Fsp3) is 0.303. The van der Waals surface area contributed by atoms with E-state index < -0.39 is 31.6 Å². The normalized spacial score (nSPS) is 13.1. The van der Waals surface area contributed by atoms with Gasteiger partial charge in [0, 0.05) is 16.0 Å². The van der Waals surface area contributed by atoms with Gasteiger partial charge in [0.2, 0.25) is 0 Å². The molecule has 0 unspecified atom stereocenters. The summed E-state index contributed by atoms with van der Waals surface area (Å²) in [6, 6.07) is 25.5. The summed E-state index contributed by atoms with van der Waals surface area (Å²) in [6.07, 6.45) is 1.65. The average molecular weight is 594 g/mol. The maximum atomic E-state index is 14.1. The van der Waals surface area contributed by atoms with Crippen molar-refractivity contribution in [2.45, 2.75) is 86.3 Å². The SMILES string of the molecule is Cc1ccc(S(=O)(=O)OS(c2ccc(OC(C)(C)C)cc2)(c2ccc(OC(C)(C)C)cc2)c2ccccn2)c(C)c1. The lowest BCUT2D eigenvalue weighted by molar-refractivity contribution is 0.130. The Morgan fingerprint density at radius 1 is 0.659 bits per heavy atom. The van der Waals surface area contributed by atoms with Gasteiger partial charge in [0.1, 0.15) is 27.7 Å². The number of aromatic nitrogens is 1. The Labute approximate surface area is 246 Å². The van der Waals surface area contributed by atoms with Crippen LogP contribution in [0.1, 0.15) is 52.7 Å². The van der Waals surface area contributed by atoms with Crippen molar-refractivity contribution >= 4 is 20.4 Å². The number of rotatable bonds is 8. The molecule has 41 heavy (non-hydrogen) atoms. The van der Waals surface area contributed by atoms with Crippen molar-refractivity contribution in [2.75, 3.05) is 0 Å². The molecule has 3 aromatic carbocycles. The number of ether oxygens (including phenoxy) is 2. The summed E-state index contributed by atoms with van der Waals surface area (Å²) in [5.74, 6) is 1.34. The van der Waals surface area contributed by atoms with Crippen LogP contribution in [-0.4, -0.2) is 24.6 Å². The summed E-state index contributed by atoms with van der Waals surface area (Å²) < 4.78 is 46.9. The molecular weight excluding hydrogens is 554 g/mol. The van der Waals surface area contributed by atoms with Crippen molar-refractivity contribution in [1.82, 2.24) is 4.98 Å². The van der Waals surface area contributed by atoms with Gasteiger partial charge in [-0.25, -0.2) is 8.61 Å². The Bertz CT molecular complexity index is 1530. The van der Waals surface area contributed by atoms with Crippen molar-refractivity contribution in [1.29, 1.82) is 0 Å². The first-order valence-electron chi connectivity index (χ1n) is 13.5. The lowest BCUT2D eigenvalue weighted by Gasteiger charge is -2.38. The molecule has 8 heteroatoms. The topological polar surface area (TPSA) is 74.7 Å². The Morgan fingerprint density at radius 2 is 1.17 bits per heavy atom. The third-order valence-corrected chi connectivity index (χ3v) is 11.1. The van der Waals surface area contributed by atoms with Crippen molar-refractivity contribution in [3.05, 3.63) is 102 Å². The molecule has 0 aliphatic rings. The first kappa shape index (κ1) is 30.6. The van der Waals surface area contributed by atoms with Crippen molar-refractivity contribution in [3.63, 3.8) is 0 Å². The largest absolute Gasteiger partial charge is 0.488 e. The Hall–Kier alpha value is -3.33. The van der Waals surface area contributed by atoms with E-state index >= 15 is 0 Å². The van der Waals surface area contributed by atoms with Crippen LogP contribution >= 0.6 is 10.3 Å². The molecule has 218 valence electrons. The molecule has 0 bridgehead atoms. The third-order valence-electron chi connectivity index (χ3n) is 5.88. The Kier molecular flexibility index (Phi) is 8.60. The number of benzene rings is 3. The van der Waals surface area contributed by atoms with E-state index in [0.717, 1.165) is 5.56 Å². The van der Waals surface area contributed by atoms with E-state index in [9.17, 15) is 8.42 Å². The van der Waals surface area contributed by atoms with Gasteiger partial charge in [-0.05, 0) is 138 Å². The molecule has 1 aromatic heterocycles. The van der Waals surface area contributed by atoms with Gasteiger partial charge >= 0.3 is 10.1 Å². The van der Waals surface area contributed by atoms with Crippen LogP contribution < -0.4 is 9.47 Å². The first-order valence-corrected chi connectivity index (χ1v) is 16.4. The second-order valence-corrected chi connectivity index (χ2v) is 16.3. The molecule has 0 atom stereocenters. The quantitative estimate of drug-likeness (QED) is 0.204. The lowest BCUT2D eigenvalue weighted by Crippen LogP contribution is -2.23. The van der Waals surface area contributed by atoms with E-state index in [0.29, 0.717) is 31.9 Å². The van der Waals surface area contributed by atoms with E-state index in [4.69, 9.17) is 13.1 Å². The van der Waals surface area contributed by atoms with Gasteiger partial charge in [-0.2, -0.15) is 8.42 Å². The molecule has 6 nitrogen and oxygen atoms in total. The number of nitrogens with zero attached hydrogens (tertiary/aromatic N) is 1. The van der Waals surface area contributed by atoms with Gasteiger partial charge in [0.05, 0.1) is 4.90 Å². The zero-order chi connectivity index (χ0) is 30.1. The Morgan fingerprint density at radius 3 is 1.59 bits per heavy atom. The van der Waals surface area contributed by atoms with Gasteiger partial charge in [-0.1, -0.05) is 23.8 Å². The predicted molar refractivity (Wildman–Crippen MR) is 164 cm³/mol. The number of hydrogen-bond acceptors (Lipinski definition) is 6. The highest BCUT2D eigenvalue weighted by Crippen LogP contribution is 2.70. The summed E-state index contributed by atoms with van der Waals surface area (Å²) in [7, 11) is -7.15. The van der Waals surface area contributed by atoms with Crippen molar-refractivity contribution < 1.29 is 21.5 Å². The average Bonchev–Trinajstić information content (AvgIpc) is 2.87. The second kappa shape index (κ2) is 11.5. The van der Waals surface area contributed by atoms with Gasteiger partial charge < -0.3 is 9.47 Å². The maximum absolute atomic E-state index is 14.1. The zero-order valence-corrected chi connectivity index (χ0v) is 26.6. The third kappa shape index (κ3) is 7.31. The van der Waals surface area contributed by atoms with Crippen LogP contribution in [-0.2, 0) is 13.7 Å². The Balaban J connectivity index is 1.97. The van der Waals surface area contributed by atoms with E-state index in [-0.39, 0.29) is 4.90 Å². The van der Waals surface area contributed by atoms with Crippen LogP contribution in [0.15, 0.2) is 111 Å². The molecule has 0 spiro atoms. The molecule has 4 aromatic rings. The molecule has 0 aliphatic carbocycles. The first-order chi connectivity index (χ1) is 19.1. The number of hydrogen-bond donors (Lipinski definition) is 0. The molecule has 0 fully saturated rings. The van der Waals surface area contributed by atoms with E-state index in [1.54, 1.807) is 31.3 Å². The van der Waals surface area contributed by atoms with Gasteiger partial charge in [-0.15, -0.1) is 0 Å². The zero-order valence-electron chi connectivity index (χ0n) is 25.0. The molecule has 1 heterocycles. The highest BCUT2D eigenvalue weighted by Gasteiger charge is 2.40. The van der Waals surface area contributed by atoms with Crippen LogP contribution in [0, 0.1) is 13.8 Å². The fourth-order valence-electron chi connectivity index (χ4n) is 4.36. The summed E-state index contributed by atoms with van der Waals surface area (Å²) >= 11 is 0. The summed E-state index contributed by atoms with van der Waals surface area (Å²) in [5.41, 5.74) is 0.798. The van der Waals surface area contributed by atoms with Gasteiger partial charge in [0.25, 0.3) is 0 Å². The van der Waals surface area contributed by atoms with Crippen LogP contribution in [0.2, 0.25) is 0 Å². The summed E-state index contributed by atoms with van der Waals surface area (Å²) in [6.45, 7) is 15.6. The van der Waals surface area contributed by atoms with E-state index in [2.05, 4.69) is 4.98 Å². The highest BCUT2D eigenvalue weighted by atomic mass is 32.3. The predicted octanol–water partition coefficient (Wildman–Crippen LogP) is 8.66. The second-order valence-electron chi connectivity index (χ2n) is 11.9. The lowest BCUT2D eigenvalue weighted by atomic mass is 10.2. The van der Waals surface area contributed by atoms with Crippen LogP contribution in [0.3, 0.4) is 0 Å². The van der Waals surface area contributed by atoms with Crippen molar-refractivity contribution in [3.8, 4) is 11.5 Å². The summed E-state index contributed by atoms with van der Waals surface area (Å²) in [5, 5.41) is 0.502. The number of aryl methyl sites for hydroxylation is 2. The van der Waals surface area contributed by atoms with E-state index in [1.807, 2.05) is 115 Å². The molecule has 0 amide bonds. The molecule has 4 rings (SSSR count). The van der Waals surface area contributed by atoms with E-state index in [1.165, 1.54) is 0 Å². The molecule has 0 aliphatic heterocycles. The van der Waals surface area contributed by atoms with Crippen LogP contribution in [0.4, 0.5) is 0 Å². The molecule has 0 saturated heterocycles. The molecule has 0 saturated carbocycles. The fourth-order valence-corrected chi connectivity index (χ4v) is 9.60. The monoisotopic (exact) mass is 593 g/mol. The molecular formula is C33H39NO5S2. The summed E-state index contributed by atoms with van der Waals surface area (Å²) in [4.78, 5) is 6.11. The van der Waals surface area contributed by atoms with Gasteiger partial charge in [-0.3, -0.25) is 0 Å². The maximum Gasteiger partial charge on any atom is 0.307 e. The standard InChI is InChI=1S/C33H39NO5S2/c1-24-12-21-30(25(2)23-24)41(35,36)39-40(31-11-9-10-22-34-31,28-17-13-26(14-18-28)37-32(3,4)5)29-19-15-27(16-20-29)38-33(6,7)8/h9-23H,1-8H3. The molecule has 0 N–H and O–H groups in total. The minimum atomic E-state index is -4.25. The minimum Gasteiger partial charge on any atom is -0.488 e. The number of pyridine rings is 1. The van der Waals surface area contributed by atoms with Crippen molar-refractivity contribution in [2.24, 2.45) is 0 Å².